The van der Waals surface area contributed by atoms with Crippen LogP contribution in [0.5, 0.6) is 0 Å². The molecule has 8 nitrogen and oxygen atoms in total. The average molecular weight is 512 g/mol. The Morgan fingerprint density at radius 2 is 1.61 bits per heavy atom. The number of nitro benzene ring substituents is 1. The summed E-state index contributed by atoms with van der Waals surface area (Å²) in [7, 11) is 0. The van der Waals surface area contributed by atoms with Crippen LogP contribution in [-0.2, 0) is 13.1 Å². The molecule has 0 spiro atoms. The second-order valence-corrected chi connectivity index (χ2v) is 8.27. The lowest BCUT2D eigenvalue weighted by atomic mass is 9.89. The monoisotopic (exact) mass is 511 g/mol. The molecule has 33 heavy (non-hydrogen) atoms. The molecule has 0 bridgehead atoms. The van der Waals surface area contributed by atoms with E-state index in [1.54, 1.807) is 35.8 Å². The van der Waals surface area contributed by atoms with Crippen LogP contribution in [0, 0.1) is 23.0 Å². The van der Waals surface area contributed by atoms with Crippen LogP contribution >= 0.6 is 0 Å². The highest BCUT2D eigenvalue weighted by molar-refractivity contribution is 6.26. The third-order valence-electron chi connectivity index (χ3n) is 5.64. The van der Waals surface area contributed by atoms with Gasteiger partial charge in [0.15, 0.2) is 6.54 Å². The molecular formula is C24H22BrN3O5. The number of carbonyl (C=O) groups is 3. The number of ketones is 3. The van der Waals surface area contributed by atoms with Crippen LogP contribution in [0.3, 0.4) is 0 Å². The number of carbonyl (C=O) groups excluding carboxylic acids is 3. The molecule has 170 valence electrons. The maximum atomic E-state index is 13.4. The lowest BCUT2D eigenvalue weighted by Crippen LogP contribution is -3.00. The van der Waals surface area contributed by atoms with Crippen molar-refractivity contribution in [1.82, 2.24) is 4.57 Å². The zero-order valence-electron chi connectivity index (χ0n) is 18.4. The molecule has 0 saturated heterocycles. The summed E-state index contributed by atoms with van der Waals surface area (Å²) in [5.74, 6) is 0.00644. The summed E-state index contributed by atoms with van der Waals surface area (Å²) in [5.41, 5.74) is 1.38. The number of fused-ring (bicyclic) bond motifs is 2. The molecule has 1 aromatic heterocycles. The van der Waals surface area contributed by atoms with Gasteiger partial charge in [0.25, 0.3) is 11.5 Å². The van der Waals surface area contributed by atoms with Gasteiger partial charge in [-0.3, -0.25) is 24.5 Å². The first-order valence-corrected chi connectivity index (χ1v) is 10.3. The SMILES string of the molecule is Cc1n(CC(C)C)c2c([n+]1CC(=O)c1ccc([N+](=O)[O-])cc1)C(=O)c1ccccc1C2=O.[Br-]. The van der Waals surface area contributed by atoms with Gasteiger partial charge < -0.3 is 17.0 Å². The summed E-state index contributed by atoms with van der Waals surface area (Å²) < 4.78 is 3.41. The maximum Gasteiger partial charge on any atom is 0.269 e. The van der Waals surface area contributed by atoms with Crippen molar-refractivity contribution < 1.29 is 40.9 Å². The number of aromatic nitrogens is 2. The minimum atomic E-state index is -0.530. The predicted octanol–water partition coefficient (Wildman–Crippen LogP) is 0.311. The Balaban J connectivity index is 0.00000306. The van der Waals surface area contributed by atoms with Crippen LogP contribution in [0.2, 0.25) is 0 Å². The van der Waals surface area contributed by atoms with Gasteiger partial charge >= 0.3 is 0 Å². The topological polar surface area (TPSA) is 103 Å². The number of Topliss-reactive ketones (excluding diaryl/α,β-unsaturated/α-hetero) is 1. The van der Waals surface area contributed by atoms with Gasteiger partial charge in [-0.15, -0.1) is 0 Å². The fraction of sp³-hybridized carbons (Fsp3) is 0.250. The number of nitro groups is 1. The molecule has 0 atom stereocenters. The second kappa shape index (κ2) is 9.19. The molecule has 0 radical (unpaired) electrons. The van der Waals surface area contributed by atoms with Gasteiger partial charge in [0.2, 0.25) is 28.7 Å². The number of imidazole rings is 1. The molecular weight excluding hydrogens is 490 g/mol. The highest BCUT2D eigenvalue weighted by Gasteiger charge is 2.43. The first-order valence-electron chi connectivity index (χ1n) is 10.3. The first kappa shape index (κ1) is 24.2. The summed E-state index contributed by atoms with van der Waals surface area (Å²) in [6.45, 7) is 6.18. The molecule has 2 aromatic carbocycles. The van der Waals surface area contributed by atoms with Gasteiger partial charge in [-0.05, 0) is 18.1 Å². The Bertz CT molecular complexity index is 1290. The minimum Gasteiger partial charge on any atom is -1.00 e. The lowest BCUT2D eigenvalue weighted by Gasteiger charge is -2.13. The molecule has 0 unspecified atom stereocenters. The molecule has 0 amide bonds. The van der Waals surface area contributed by atoms with Gasteiger partial charge in [0.1, 0.15) is 0 Å². The van der Waals surface area contributed by atoms with Crippen molar-refractivity contribution in [2.75, 3.05) is 0 Å². The van der Waals surface area contributed by atoms with E-state index in [1.807, 2.05) is 18.4 Å². The quantitative estimate of drug-likeness (QED) is 0.160. The fourth-order valence-electron chi connectivity index (χ4n) is 4.11. The van der Waals surface area contributed by atoms with E-state index in [4.69, 9.17) is 0 Å². The summed E-state index contributed by atoms with van der Waals surface area (Å²) in [5, 5.41) is 10.9. The summed E-state index contributed by atoms with van der Waals surface area (Å²) in [6, 6.07) is 12.0. The Kier molecular flexibility index (Phi) is 6.73. The van der Waals surface area contributed by atoms with E-state index in [1.165, 1.54) is 24.3 Å². The second-order valence-electron chi connectivity index (χ2n) is 8.27. The molecule has 1 heterocycles. The van der Waals surface area contributed by atoms with E-state index in [9.17, 15) is 24.5 Å². The van der Waals surface area contributed by atoms with Crippen LogP contribution in [0.25, 0.3) is 0 Å². The largest absolute Gasteiger partial charge is 1.00 e. The lowest BCUT2D eigenvalue weighted by molar-refractivity contribution is -0.690. The van der Waals surface area contributed by atoms with E-state index in [0.29, 0.717) is 34.8 Å². The molecule has 1 aliphatic rings. The van der Waals surface area contributed by atoms with Gasteiger partial charge in [-0.25, -0.2) is 9.13 Å². The van der Waals surface area contributed by atoms with Crippen molar-refractivity contribution in [2.45, 2.75) is 33.9 Å². The van der Waals surface area contributed by atoms with Crippen LogP contribution < -0.4 is 21.5 Å². The van der Waals surface area contributed by atoms with Crippen molar-refractivity contribution in [3.63, 3.8) is 0 Å². The van der Waals surface area contributed by atoms with E-state index < -0.39 is 4.92 Å². The highest BCUT2D eigenvalue weighted by atomic mass is 79.9. The first-order chi connectivity index (χ1) is 15.2. The Morgan fingerprint density at radius 1 is 1.03 bits per heavy atom. The number of hydrogen-bond acceptors (Lipinski definition) is 5. The summed E-state index contributed by atoms with van der Waals surface area (Å²) >= 11 is 0. The molecule has 0 aliphatic heterocycles. The van der Waals surface area contributed by atoms with Crippen LogP contribution in [0.15, 0.2) is 48.5 Å². The minimum absolute atomic E-state index is 0. The number of halogens is 1. The normalized spacial score (nSPS) is 12.2. The number of nitrogens with zero attached hydrogens (tertiary/aromatic N) is 3. The Labute approximate surface area is 200 Å². The third kappa shape index (κ3) is 4.16. The average Bonchev–Trinajstić information content (AvgIpc) is 3.03. The molecule has 0 N–H and O–H groups in total. The van der Waals surface area contributed by atoms with E-state index in [0.717, 1.165) is 0 Å². The van der Waals surface area contributed by atoms with Crippen molar-refractivity contribution in [3.8, 4) is 0 Å². The predicted molar refractivity (Wildman–Crippen MR) is 115 cm³/mol. The van der Waals surface area contributed by atoms with Crippen molar-refractivity contribution in [2.24, 2.45) is 5.92 Å². The summed E-state index contributed by atoms with van der Waals surface area (Å²) in [4.78, 5) is 50.1. The van der Waals surface area contributed by atoms with Crippen LogP contribution in [0.4, 0.5) is 5.69 Å². The molecule has 3 aromatic rings. The van der Waals surface area contributed by atoms with Gasteiger partial charge in [-0.1, -0.05) is 38.1 Å². The molecule has 0 saturated carbocycles. The van der Waals surface area contributed by atoms with Gasteiger partial charge in [-0.2, -0.15) is 0 Å². The van der Waals surface area contributed by atoms with Crippen molar-refractivity contribution >= 4 is 23.0 Å². The third-order valence-corrected chi connectivity index (χ3v) is 5.64. The van der Waals surface area contributed by atoms with Crippen molar-refractivity contribution in [3.05, 3.63) is 92.5 Å². The van der Waals surface area contributed by atoms with E-state index in [-0.39, 0.29) is 58.2 Å². The van der Waals surface area contributed by atoms with E-state index in [2.05, 4.69) is 0 Å². The van der Waals surface area contributed by atoms with Gasteiger partial charge in [0, 0.05) is 35.7 Å². The summed E-state index contributed by atoms with van der Waals surface area (Å²) in [6.07, 6.45) is 0. The number of rotatable bonds is 6. The zero-order chi connectivity index (χ0) is 23.2. The van der Waals surface area contributed by atoms with Crippen LogP contribution in [0.1, 0.15) is 62.1 Å². The van der Waals surface area contributed by atoms with Gasteiger partial charge in [0.05, 0.1) is 11.5 Å². The molecule has 9 heteroatoms. The number of benzene rings is 2. The fourth-order valence-corrected chi connectivity index (χ4v) is 4.11. The Morgan fingerprint density at radius 3 is 2.15 bits per heavy atom. The Hall–Kier alpha value is -3.46. The highest BCUT2D eigenvalue weighted by Crippen LogP contribution is 2.27. The molecule has 1 aliphatic carbocycles. The van der Waals surface area contributed by atoms with E-state index >= 15 is 0 Å². The van der Waals surface area contributed by atoms with Crippen LogP contribution in [-0.4, -0.2) is 26.8 Å². The maximum absolute atomic E-state index is 13.4. The van der Waals surface area contributed by atoms with Crippen molar-refractivity contribution in [1.29, 1.82) is 0 Å². The smallest absolute Gasteiger partial charge is 0.269 e. The number of hydrogen-bond donors (Lipinski definition) is 0. The number of non-ortho nitro benzene ring substituents is 1. The molecule has 0 fully saturated rings. The standard InChI is InChI=1S/C24H22N3O5.BrH/c1-14(2)12-25-15(3)26(13-20(28)16-8-10-17(11-9-16)27(31)32)22-21(25)23(29)18-6-4-5-7-19(18)24(22)30;/h4-11,14H,12-13H2,1-3H3;1H/q+1;/p-1. The molecule has 4 rings (SSSR count). The zero-order valence-corrected chi connectivity index (χ0v) is 20.0.